The number of alkyl halides is 6. The standard InChI is InChI=1S/C6H4F6N2O/c7-5(8,9)3-4(6(10,11)12)14-2(1-15)13-3/h15H,1H2,(H,13,14). The van der Waals surface area contributed by atoms with Crippen LogP contribution in [0.1, 0.15) is 17.2 Å². The maximum absolute atomic E-state index is 12.1. The Bertz CT molecular complexity index is 320. The Hall–Kier alpha value is -1.25. The molecule has 86 valence electrons. The first kappa shape index (κ1) is 11.8. The highest BCUT2D eigenvalue weighted by atomic mass is 19.4. The number of hydrogen-bond acceptors (Lipinski definition) is 2. The summed E-state index contributed by atoms with van der Waals surface area (Å²) in [6.07, 6.45) is -10.4. The molecule has 0 spiro atoms. The Labute approximate surface area is 78.7 Å². The molecule has 0 saturated carbocycles. The number of imidazole rings is 1. The molecule has 0 saturated heterocycles. The van der Waals surface area contributed by atoms with E-state index in [0.717, 1.165) is 0 Å². The second-order valence-corrected chi connectivity index (χ2v) is 2.56. The van der Waals surface area contributed by atoms with Crippen molar-refractivity contribution in [2.75, 3.05) is 0 Å². The number of halogens is 6. The molecule has 0 aromatic carbocycles. The van der Waals surface area contributed by atoms with Crippen molar-refractivity contribution < 1.29 is 31.4 Å². The van der Waals surface area contributed by atoms with Crippen LogP contribution in [0.3, 0.4) is 0 Å². The van der Waals surface area contributed by atoms with Gasteiger partial charge < -0.3 is 10.1 Å². The fourth-order valence-electron chi connectivity index (χ4n) is 0.907. The van der Waals surface area contributed by atoms with Crippen LogP contribution in [-0.2, 0) is 19.0 Å². The highest BCUT2D eigenvalue weighted by Crippen LogP contribution is 2.38. The molecule has 0 bridgehead atoms. The summed E-state index contributed by atoms with van der Waals surface area (Å²) in [4.78, 5) is 3.99. The van der Waals surface area contributed by atoms with Gasteiger partial charge in [0.25, 0.3) is 0 Å². The summed E-state index contributed by atoms with van der Waals surface area (Å²) < 4.78 is 72.4. The molecule has 1 heterocycles. The summed E-state index contributed by atoms with van der Waals surface area (Å²) in [6.45, 7) is -1.03. The molecule has 0 aliphatic heterocycles. The van der Waals surface area contributed by atoms with E-state index in [0.29, 0.717) is 0 Å². The van der Waals surface area contributed by atoms with Crippen molar-refractivity contribution in [3.8, 4) is 0 Å². The third-order valence-electron chi connectivity index (χ3n) is 1.45. The first-order valence-corrected chi connectivity index (χ1v) is 3.50. The number of rotatable bonds is 1. The van der Waals surface area contributed by atoms with Gasteiger partial charge in [-0.1, -0.05) is 0 Å². The minimum atomic E-state index is -5.21. The van der Waals surface area contributed by atoms with Crippen molar-refractivity contribution in [3.05, 3.63) is 17.2 Å². The van der Waals surface area contributed by atoms with Crippen molar-refractivity contribution >= 4 is 0 Å². The number of H-pyrrole nitrogens is 1. The molecule has 1 rings (SSSR count). The van der Waals surface area contributed by atoms with Crippen LogP contribution in [-0.4, -0.2) is 15.1 Å². The molecule has 9 heteroatoms. The van der Waals surface area contributed by atoms with Crippen LogP contribution in [0.25, 0.3) is 0 Å². The summed E-state index contributed by atoms with van der Waals surface area (Å²) in [5.41, 5.74) is -4.07. The first-order valence-electron chi connectivity index (χ1n) is 3.50. The van der Waals surface area contributed by atoms with Crippen LogP contribution < -0.4 is 0 Å². The number of hydrogen-bond donors (Lipinski definition) is 2. The fourth-order valence-corrected chi connectivity index (χ4v) is 0.907. The molecule has 1 aromatic heterocycles. The van der Waals surface area contributed by atoms with Crippen LogP contribution in [0.4, 0.5) is 26.3 Å². The van der Waals surface area contributed by atoms with Gasteiger partial charge >= 0.3 is 12.4 Å². The molecular formula is C6H4F6N2O. The van der Waals surface area contributed by atoms with E-state index in [9.17, 15) is 26.3 Å². The van der Waals surface area contributed by atoms with E-state index in [2.05, 4.69) is 4.98 Å². The van der Waals surface area contributed by atoms with Crippen LogP contribution in [0, 0.1) is 0 Å². The SMILES string of the molecule is OCc1nc(C(F)(F)F)c(C(F)(F)F)[nH]1. The minimum absolute atomic E-state index is 0.783. The highest BCUT2D eigenvalue weighted by Gasteiger charge is 2.46. The normalized spacial score (nSPS) is 13.3. The third-order valence-corrected chi connectivity index (χ3v) is 1.45. The molecule has 15 heavy (non-hydrogen) atoms. The Morgan fingerprint density at radius 2 is 1.60 bits per heavy atom. The molecule has 0 amide bonds. The van der Waals surface area contributed by atoms with Gasteiger partial charge in [-0.2, -0.15) is 26.3 Å². The molecule has 0 radical (unpaired) electrons. The van der Waals surface area contributed by atoms with E-state index in [1.807, 2.05) is 0 Å². The van der Waals surface area contributed by atoms with E-state index in [1.165, 1.54) is 4.98 Å². The maximum Gasteiger partial charge on any atom is 0.435 e. The number of nitrogens with one attached hydrogen (secondary N) is 1. The van der Waals surface area contributed by atoms with Gasteiger partial charge in [-0.25, -0.2) is 4.98 Å². The highest BCUT2D eigenvalue weighted by molar-refractivity contribution is 5.20. The van der Waals surface area contributed by atoms with Gasteiger partial charge in [-0.15, -0.1) is 0 Å². The predicted octanol–water partition coefficient (Wildman–Crippen LogP) is 1.94. The Kier molecular flexibility index (Phi) is 2.68. The summed E-state index contributed by atoms with van der Waals surface area (Å²) in [5, 5.41) is 8.38. The quantitative estimate of drug-likeness (QED) is 0.729. The second kappa shape index (κ2) is 3.40. The number of nitrogens with zero attached hydrogens (tertiary/aromatic N) is 1. The average molecular weight is 234 g/mol. The second-order valence-electron chi connectivity index (χ2n) is 2.56. The monoisotopic (exact) mass is 234 g/mol. The Morgan fingerprint density at radius 3 is 1.87 bits per heavy atom. The van der Waals surface area contributed by atoms with E-state index < -0.39 is 36.2 Å². The lowest BCUT2D eigenvalue weighted by Gasteiger charge is -2.08. The maximum atomic E-state index is 12.1. The molecule has 1 aromatic rings. The molecular weight excluding hydrogens is 230 g/mol. The lowest BCUT2D eigenvalue weighted by Crippen LogP contribution is -2.16. The smallest absolute Gasteiger partial charge is 0.388 e. The van der Waals surface area contributed by atoms with Crippen LogP contribution in [0.2, 0.25) is 0 Å². The summed E-state index contributed by atoms with van der Waals surface area (Å²) in [7, 11) is 0. The van der Waals surface area contributed by atoms with E-state index in [-0.39, 0.29) is 0 Å². The molecule has 0 aliphatic rings. The Balaban J connectivity index is 3.31. The number of aromatic amines is 1. The van der Waals surface area contributed by atoms with Gasteiger partial charge in [0.2, 0.25) is 0 Å². The summed E-state index contributed by atoms with van der Waals surface area (Å²) in [5.74, 6) is -0.783. The van der Waals surface area contributed by atoms with Crippen molar-refractivity contribution in [2.24, 2.45) is 0 Å². The van der Waals surface area contributed by atoms with Crippen molar-refractivity contribution in [1.82, 2.24) is 9.97 Å². The van der Waals surface area contributed by atoms with E-state index in [1.54, 1.807) is 0 Å². The molecule has 0 unspecified atom stereocenters. The summed E-state index contributed by atoms with van der Waals surface area (Å²) in [6, 6.07) is 0. The topological polar surface area (TPSA) is 48.9 Å². The molecule has 0 fully saturated rings. The molecule has 2 N–H and O–H groups in total. The van der Waals surface area contributed by atoms with E-state index >= 15 is 0 Å². The number of aromatic nitrogens is 2. The van der Waals surface area contributed by atoms with Gasteiger partial charge in [0.1, 0.15) is 12.4 Å². The average Bonchev–Trinajstić information content (AvgIpc) is 2.44. The molecule has 0 atom stereocenters. The first-order chi connectivity index (χ1) is 6.66. The zero-order chi connectivity index (χ0) is 11.9. The molecule has 0 aliphatic carbocycles. The predicted molar refractivity (Wildman–Crippen MR) is 34.5 cm³/mol. The minimum Gasteiger partial charge on any atom is -0.388 e. The van der Waals surface area contributed by atoms with Crippen molar-refractivity contribution in [1.29, 1.82) is 0 Å². The van der Waals surface area contributed by atoms with Gasteiger partial charge in [-0.3, -0.25) is 0 Å². The van der Waals surface area contributed by atoms with Gasteiger partial charge in [0, 0.05) is 0 Å². The van der Waals surface area contributed by atoms with E-state index in [4.69, 9.17) is 5.11 Å². The zero-order valence-electron chi connectivity index (χ0n) is 6.87. The fraction of sp³-hybridized carbons (Fsp3) is 0.500. The van der Waals surface area contributed by atoms with Gasteiger partial charge in [0.05, 0.1) is 0 Å². The van der Waals surface area contributed by atoms with Crippen molar-refractivity contribution in [2.45, 2.75) is 19.0 Å². The van der Waals surface area contributed by atoms with Gasteiger partial charge in [-0.05, 0) is 0 Å². The largest absolute Gasteiger partial charge is 0.435 e. The number of aliphatic hydroxyl groups is 1. The Morgan fingerprint density at radius 1 is 1.07 bits per heavy atom. The number of aliphatic hydroxyl groups excluding tert-OH is 1. The zero-order valence-corrected chi connectivity index (χ0v) is 6.87. The lowest BCUT2D eigenvalue weighted by atomic mass is 10.3. The van der Waals surface area contributed by atoms with Gasteiger partial charge in [0.15, 0.2) is 11.4 Å². The van der Waals surface area contributed by atoms with Crippen LogP contribution in [0.15, 0.2) is 0 Å². The van der Waals surface area contributed by atoms with Crippen LogP contribution >= 0.6 is 0 Å². The lowest BCUT2D eigenvalue weighted by molar-refractivity contribution is -0.165. The third kappa shape index (κ3) is 2.41. The summed E-state index contributed by atoms with van der Waals surface area (Å²) >= 11 is 0. The van der Waals surface area contributed by atoms with Crippen LogP contribution in [0.5, 0.6) is 0 Å². The molecule has 3 nitrogen and oxygen atoms in total. The van der Waals surface area contributed by atoms with Crippen molar-refractivity contribution in [3.63, 3.8) is 0 Å².